The summed E-state index contributed by atoms with van der Waals surface area (Å²) in [4.78, 5) is 32.1. The van der Waals surface area contributed by atoms with Crippen molar-refractivity contribution in [3.8, 4) is 0 Å². The van der Waals surface area contributed by atoms with Gasteiger partial charge in [-0.2, -0.15) is 0 Å². The van der Waals surface area contributed by atoms with Crippen molar-refractivity contribution in [2.24, 2.45) is 5.92 Å². The van der Waals surface area contributed by atoms with Crippen molar-refractivity contribution in [2.45, 2.75) is 26.2 Å². The molecule has 1 saturated heterocycles. The molecule has 4 heterocycles. The molecular weight excluding hydrogens is 396 g/mol. The van der Waals surface area contributed by atoms with E-state index in [0.717, 1.165) is 54.6 Å². The van der Waals surface area contributed by atoms with Crippen LogP contribution in [0.3, 0.4) is 0 Å². The number of anilines is 2. The SMILES string of the molecule is Cc1nc(/C=C/C(=O)N2CCC[C@H](Cc3cnc(Nc4ccccn4)cn3)C2)cs1. The first-order chi connectivity index (χ1) is 14.7. The average molecular weight is 421 g/mol. The third-order valence-corrected chi connectivity index (χ3v) is 5.78. The first-order valence-electron chi connectivity index (χ1n) is 10.0. The summed E-state index contributed by atoms with van der Waals surface area (Å²) in [6, 6.07) is 5.67. The Kier molecular flexibility index (Phi) is 6.44. The van der Waals surface area contributed by atoms with Crippen LogP contribution >= 0.6 is 11.3 Å². The molecule has 7 nitrogen and oxygen atoms in total. The van der Waals surface area contributed by atoms with Crippen molar-refractivity contribution < 1.29 is 4.79 Å². The summed E-state index contributed by atoms with van der Waals surface area (Å²) in [6.07, 6.45) is 11.6. The molecule has 154 valence electrons. The van der Waals surface area contributed by atoms with Crippen molar-refractivity contribution in [1.82, 2.24) is 24.8 Å². The average Bonchev–Trinajstić information content (AvgIpc) is 3.19. The minimum Gasteiger partial charge on any atom is -0.339 e. The molecule has 1 amide bonds. The van der Waals surface area contributed by atoms with Crippen LogP contribution in [0.4, 0.5) is 11.6 Å². The highest BCUT2D eigenvalue weighted by atomic mass is 32.1. The van der Waals surface area contributed by atoms with E-state index in [4.69, 9.17) is 0 Å². The second-order valence-electron chi connectivity index (χ2n) is 7.35. The normalized spacial score (nSPS) is 16.7. The Labute approximate surface area is 179 Å². The van der Waals surface area contributed by atoms with Crippen molar-refractivity contribution in [2.75, 3.05) is 18.4 Å². The number of amides is 1. The van der Waals surface area contributed by atoms with Crippen LogP contribution in [0.15, 0.2) is 48.2 Å². The molecule has 1 atom stereocenters. The molecular formula is C22H24N6OS. The van der Waals surface area contributed by atoms with Gasteiger partial charge in [-0.25, -0.2) is 15.0 Å². The number of hydrogen-bond donors (Lipinski definition) is 1. The number of thiazole rings is 1. The molecule has 0 saturated carbocycles. The van der Waals surface area contributed by atoms with Crippen LogP contribution in [0, 0.1) is 12.8 Å². The molecule has 1 fully saturated rings. The van der Waals surface area contributed by atoms with Gasteiger partial charge in [0.05, 0.1) is 28.8 Å². The molecule has 4 rings (SSSR count). The first kappa shape index (κ1) is 20.2. The number of piperidine rings is 1. The number of nitrogens with one attached hydrogen (secondary N) is 1. The van der Waals surface area contributed by atoms with Crippen LogP contribution < -0.4 is 5.32 Å². The zero-order valence-corrected chi connectivity index (χ0v) is 17.7. The third-order valence-electron chi connectivity index (χ3n) is 4.99. The highest BCUT2D eigenvalue weighted by Crippen LogP contribution is 2.21. The Balaban J connectivity index is 1.31. The summed E-state index contributed by atoms with van der Waals surface area (Å²) >= 11 is 1.59. The maximum atomic E-state index is 12.6. The lowest BCUT2D eigenvalue weighted by atomic mass is 9.93. The third kappa shape index (κ3) is 5.48. The van der Waals surface area contributed by atoms with E-state index in [1.165, 1.54) is 0 Å². The summed E-state index contributed by atoms with van der Waals surface area (Å²) in [6.45, 7) is 3.51. The lowest BCUT2D eigenvalue weighted by molar-refractivity contribution is -0.127. The van der Waals surface area contributed by atoms with Crippen molar-refractivity contribution in [3.63, 3.8) is 0 Å². The topological polar surface area (TPSA) is 83.9 Å². The predicted octanol–water partition coefficient (Wildman–Crippen LogP) is 3.87. The lowest BCUT2D eigenvalue weighted by Crippen LogP contribution is -2.39. The zero-order valence-electron chi connectivity index (χ0n) is 16.9. The van der Waals surface area contributed by atoms with Crippen LogP contribution in [0.2, 0.25) is 0 Å². The number of nitrogens with zero attached hydrogens (tertiary/aromatic N) is 5. The van der Waals surface area contributed by atoms with Gasteiger partial charge in [0.25, 0.3) is 0 Å². The van der Waals surface area contributed by atoms with Crippen LogP contribution in [0.1, 0.15) is 29.2 Å². The van der Waals surface area contributed by atoms with E-state index in [1.54, 1.807) is 42.1 Å². The van der Waals surface area contributed by atoms with Crippen LogP contribution in [-0.4, -0.2) is 43.8 Å². The maximum absolute atomic E-state index is 12.6. The summed E-state index contributed by atoms with van der Waals surface area (Å²) < 4.78 is 0. The number of carbonyl (C=O) groups is 1. The fourth-order valence-corrected chi connectivity index (χ4v) is 4.12. The van der Waals surface area contributed by atoms with Gasteiger partial charge in [0.2, 0.25) is 5.91 Å². The summed E-state index contributed by atoms with van der Waals surface area (Å²) in [5.74, 6) is 1.84. The van der Waals surface area contributed by atoms with E-state index in [9.17, 15) is 4.79 Å². The molecule has 0 spiro atoms. The number of rotatable bonds is 6. The fourth-order valence-electron chi connectivity index (χ4n) is 3.54. The van der Waals surface area contributed by atoms with Gasteiger partial charge in [-0.1, -0.05) is 6.07 Å². The Morgan fingerprint density at radius 2 is 2.20 bits per heavy atom. The predicted molar refractivity (Wildman–Crippen MR) is 118 cm³/mol. The molecule has 0 radical (unpaired) electrons. The molecule has 0 aliphatic carbocycles. The molecule has 8 heteroatoms. The molecule has 0 unspecified atom stereocenters. The number of hydrogen-bond acceptors (Lipinski definition) is 7. The van der Waals surface area contributed by atoms with Gasteiger partial charge < -0.3 is 10.2 Å². The number of aryl methyl sites for hydroxylation is 1. The minimum absolute atomic E-state index is 0.0475. The van der Waals surface area contributed by atoms with Crippen LogP contribution in [0.25, 0.3) is 6.08 Å². The summed E-state index contributed by atoms with van der Waals surface area (Å²) in [7, 11) is 0. The van der Waals surface area contributed by atoms with Gasteiger partial charge in [0.1, 0.15) is 11.6 Å². The number of aromatic nitrogens is 4. The van der Waals surface area contributed by atoms with Gasteiger partial charge in [0.15, 0.2) is 0 Å². The van der Waals surface area contributed by atoms with E-state index in [1.807, 2.05) is 35.4 Å². The molecule has 1 aliphatic rings. The molecule has 0 bridgehead atoms. The van der Waals surface area contributed by atoms with E-state index < -0.39 is 0 Å². The standard InChI is InChI=1S/C22H24N6OS/c1-16-26-18(15-30-16)7-8-22(29)28-10-4-5-17(14-28)11-19-12-25-21(13-24-19)27-20-6-2-3-9-23-20/h2-3,6-9,12-13,15,17H,4-5,10-11,14H2,1H3,(H,23,25,27)/b8-7+/t17-/m1/s1. The van der Waals surface area contributed by atoms with E-state index in [2.05, 4.69) is 25.3 Å². The Morgan fingerprint density at radius 3 is 2.93 bits per heavy atom. The monoisotopic (exact) mass is 420 g/mol. The second kappa shape index (κ2) is 9.58. The zero-order chi connectivity index (χ0) is 20.8. The van der Waals surface area contributed by atoms with Crippen molar-refractivity contribution >= 4 is 35.0 Å². The quantitative estimate of drug-likeness (QED) is 0.610. The molecule has 30 heavy (non-hydrogen) atoms. The Morgan fingerprint density at radius 1 is 1.27 bits per heavy atom. The van der Waals surface area contributed by atoms with Gasteiger partial charge >= 0.3 is 0 Å². The minimum atomic E-state index is 0.0475. The van der Waals surface area contributed by atoms with Crippen molar-refractivity contribution in [1.29, 1.82) is 0 Å². The van der Waals surface area contributed by atoms with E-state index in [-0.39, 0.29) is 5.91 Å². The van der Waals surface area contributed by atoms with E-state index >= 15 is 0 Å². The fraction of sp³-hybridized carbons (Fsp3) is 0.318. The van der Waals surface area contributed by atoms with Gasteiger partial charge in [-0.15, -0.1) is 11.3 Å². The number of pyridine rings is 1. The molecule has 1 aliphatic heterocycles. The summed E-state index contributed by atoms with van der Waals surface area (Å²) in [5.41, 5.74) is 1.78. The smallest absolute Gasteiger partial charge is 0.246 e. The molecule has 1 N–H and O–H groups in total. The lowest BCUT2D eigenvalue weighted by Gasteiger charge is -2.32. The Bertz CT molecular complexity index is 1000. The number of carbonyl (C=O) groups excluding carboxylic acids is 1. The molecule has 0 aromatic carbocycles. The highest BCUT2D eigenvalue weighted by molar-refractivity contribution is 7.09. The number of likely N-dealkylation sites (tertiary alicyclic amines) is 1. The van der Waals surface area contributed by atoms with Gasteiger partial charge in [-0.3, -0.25) is 9.78 Å². The van der Waals surface area contributed by atoms with Crippen LogP contribution in [-0.2, 0) is 11.2 Å². The Hall–Kier alpha value is -3.13. The van der Waals surface area contributed by atoms with Gasteiger partial charge in [0, 0.05) is 30.7 Å². The van der Waals surface area contributed by atoms with Gasteiger partial charge in [-0.05, 0) is 50.3 Å². The largest absolute Gasteiger partial charge is 0.339 e. The molecule has 3 aromatic heterocycles. The first-order valence-corrected chi connectivity index (χ1v) is 10.9. The summed E-state index contributed by atoms with van der Waals surface area (Å²) in [5, 5.41) is 6.10. The van der Waals surface area contributed by atoms with E-state index in [0.29, 0.717) is 11.7 Å². The second-order valence-corrected chi connectivity index (χ2v) is 8.42. The van der Waals surface area contributed by atoms with Crippen LogP contribution in [0.5, 0.6) is 0 Å². The maximum Gasteiger partial charge on any atom is 0.246 e. The van der Waals surface area contributed by atoms with Crippen molar-refractivity contribution in [3.05, 3.63) is 64.6 Å². The molecule has 3 aromatic rings. The highest BCUT2D eigenvalue weighted by Gasteiger charge is 2.23.